The molecule has 0 spiro atoms. The van der Waals surface area contributed by atoms with E-state index in [1.807, 2.05) is 6.20 Å². The molecule has 1 fully saturated rings. The predicted molar refractivity (Wildman–Crippen MR) is 76.6 cm³/mol. The van der Waals surface area contributed by atoms with Crippen LogP contribution in [0.2, 0.25) is 0 Å². The van der Waals surface area contributed by atoms with Gasteiger partial charge >= 0.3 is 0 Å². The largest absolute Gasteiger partial charge is 0.373 e. The molecule has 0 aliphatic carbocycles. The molecule has 1 aromatic heterocycles. The molecule has 0 aromatic carbocycles. The minimum atomic E-state index is 0.348. The van der Waals surface area contributed by atoms with Gasteiger partial charge in [0.15, 0.2) is 5.13 Å². The molecular weight excluding hydrogens is 246 g/mol. The zero-order chi connectivity index (χ0) is 13.1. The van der Waals surface area contributed by atoms with Crippen molar-refractivity contribution < 1.29 is 4.74 Å². The summed E-state index contributed by atoms with van der Waals surface area (Å²) in [4.78, 5) is 10.4. The van der Waals surface area contributed by atoms with Gasteiger partial charge in [-0.25, -0.2) is 4.98 Å². The first-order valence-electron chi connectivity index (χ1n) is 6.56. The zero-order valence-electron chi connectivity index (χ0n) is 11.7. The molecule has 18 heavy (non-hydrogen) atoms. The fraction of sp³-hybridized carbons (Fsp3) is 0.769. The Morgan fingerprint density at radius 1 is 1.44 bits per heavy atom. The second-order valence-corrected chi connectivity index (χ2v) is 6.41. The van der Waals surface area contributed by atoms with Crippen LogP contribution in [0.5, 0.6) is 0 Å². The van der Waals surface area contributed by atoms with Crippen LogP contribution in [0.1, 0.15) is 18.7 Å². The molecule has 0 N–H and O–H groups in total. The van der Waals surface area contributed by atoms with Crippen molar-refractivity contribution in [2.75, 3.05) is 38.1 Å². The van der Waals surface area contributed by atoms with Crippen molar-refractivity contribution in [1.29, 1.82) is 0 Å². The second kappa shape index (κ2) is 5.99. The lowest BCUT2D eigenvalue weighted by Gasteiger charge is -2.36. The van der Waals surface area contributed by atoms with Crippen molar-refractivity contribution in [3.8, 4) is 0 Å². The van der Waals surface area contributed by atoms with E-state index in [-0.39, 0.29) is 0 Å². The summed E-state index contributed by atoms with van der Waals surface area (Å²) in [6.45, 7) is 10.6. The van der Waals surface area contributed by atoms with Gasteiger partial charge in [0.1, 0.15) is 0 Å². The minimum absolute atomic E-state index is 0.348. The molecule has 0 saturated carbocycles. The summed E-state index contributed by atoms with van der Waals surface area (Å²) in [6, 6.07) is 0. The fourth-order valence-corrected chi connectivity index (χ4v) is 3.12. The summed E-state index contributed by atoms with van der Waals surface area (Å²) in [6.07, 6.45) is 2.64. The molecule has 0 radical (unpaired) electrons. The summed E-state index contributed by atoms with van der Waals surface area (Å²) in [5.74, 6) is 0. The first-order valence-corrected chi connectivity index (χ1v) is 7.37. The third-order valence-corrected chi connectivity index (χ3v) is 4.21. The van der Waals surface area contributed by atoms with E-state index in [4.69, 9.17) is 4.74 Å². The first-order chi connectivity index (χ1) is 8.54. The monoisotopic (exact) mass is 269 g/mol. The predicted octanol–water partition coefficient (Wildman–Crippen LogP) is 2.00. The maximum Gasteiger partial charge on any atom is 0.185 e. The molecule has 102 valence electrons. The van der Waals surface area contributed by atoms with Gasteiger partial charge in [-0.3, -0.25) is 4.90 Å². The number of ether oxygens (including phenoxy) is 1. The number of morpholine rings is 1. The Morgan fingerprint density at radius 2 is 2.11 bits per heavy atom. The number of rotatable bonds is 4. The van der Waals surface area contributed by atoms with Gasteiger partial charge in [0.05, 0.1) is 12.2 Å². The highest BCUT2D eigenvalue weighted by Crippen LogP contribution is 2.20. The highest BCUT2D eigenvalue weighted by Gasteiger charge is 2.22. The van der Waals surface area contributed by atoms with Gasteiger partial charge in [-0.1, -0.05) is 0 Å². The molecule has 0 unspecified atom stereocenters. The normalized spacial score (nSPS) is 25.3. The summed E-state index contributed by atoms with van der Waals surface area (Å²) in [5, 5.41) is 1.11. The Morgan fingerprint density at radius 3 is 2.67 bits per heavy atom. The molecule has 0 bridgehead atoms. The highest BCUT2D eigenvalue weighted by atomic mass is 32.1. The van der Waals surface area contributed by atoms with Crippen LogP contribution in [-0.4, -0.2) is 55.3 Å². The fourth-order valence-electron chi connectivity index (χ4n) is 2.37. The standard InChI is InChI=1S/C13H23N3OS/c1-10-8-16(9-11(2)17-10)6-5-15(4)13-14-7-12(3)18-13/h7,10-11H,5-6,8-9H2,1-4H3/t10-,11+. The van der Waals surface area contributed by atoms with Crippen LogP contribution in [0.25, 0.3) is 0 Å². The van der Waals surface area contributed by atoms with Crippen LogP contribution < -0.4 is 4.90 Å². The second-order valence-electron chi connectivity index (χ2n) is 5.19. The van der Waals surface area contributed by atoms with E-state index < -0.39 is 0 Å². The number of aromatic nitrogens is 1. The number of anilines is 1. The van der Waals surface area contributed by atoms with E-state index in [9.17, 15) is 0 Å². The quantitative estimate of drug-likeness (QED) is 0.836. The summed E-state index contributed by atoms with van der Waals surface area (Å²) in [5.41, 5.74) is 0. The van der Waals surface area contributed by atoms with E-state index in [0.29, 0.717) is 12.2 Å². The number of thiazole rings is 1. The van der Waals surface area contributed by atoms with E-state index in [1.165, 1.54) is 4.88 Å². The minimum Gasteiger partial charge on any atom is -0.373 e. The SMILES string of the molecule is Cc1cnc(N(C)CCN2C[C@@H](C)O[C@@H](C)C2)s1. The molecular formula is C13H23N3OS. The van der Waals surface area contributed by atoms with Crippen LogP contribution in [-0.2, 0) is 4.74 Å². The van der Waals surface area contributed by atoms with Gasteiger partial charge in [-0.15, -0.1) is 11.3 Å². The third-order valence-electron chi connectivity index (χ3n) is 3.18. The number of nitrogens with zero attached hydrogens (tertiary/aromatic N) is 3. The highest BCUT2D eigenvalue weighted by molar-refractivity contribution is 7.15. The van der Waals surface area contributed by atoms with Crippen molar-refractivity contribution in [1.82, 2.24) is 9.88 Å². The summed E-state index contributed by atoms with van der Waals surface area (Å²) < 4.78 is 5.75. The van der Waals surface area contributed by atoms with Gasteiger partial charge < -0.3 is 9.64 Å². The van der Waals surface area contributed by atoms with Gasteiger partial charge in [0.25, 0.3) is 0 Å². The Kier molecular flexibility index (Phi) is 4.59. The van der Waals surface area contributed by atoms with Crippen molar-refractivity contribution in [2.24, 2.45) is 0 Å². The van der Waals surface area contributed by atoms with Crippen molar-refractivity contribution in [3.63, 3.8) is 0 Å². The molecule has 2 atom stereocenters. The van der Waals surface area contributed by atoms with E-state index in [0.717, 1.165) is 31.3 Å². The van der Waals surface area contributed by atoms with E-state index in [2.05, 4.69) is 42.6 Å². The van der Waals surface area contributed by atoms with Gasteiger partial charge in [-0.05, 0) is 20.8 Å². The van der Waals surface area contributed by atoms with Crippen molar-refractivity contribution >= 4 is 16.5 Å². The molecule has 1 saturated heterocycles. The van der Waals surface area contributed by atoms with Crippen molar-refractivity contribution in [3.05, 3.63) is 11.1 Å². The molecule has 1 aliphatic heterocycles. The van der Waals surface area contributed by atoms with Gasteiger partial charge in [-0.2, -0.15) is 0 Å². The Bertz CT molecular complexity index is 372. The van der Waals surface area contributed by atoms with Crippen LogP contribution in [0.3, 0.4) is 0 Å². The van der Waals surface area contributed by atoms with Gasteiger partial charge in [0.2, 0.25) is 0 Å². The molecule has 1 aliphatic rings. The van der Waals surface area contributed by atoms with E-state index >= 15 is 0 Å². The van der Waals surface area contributed by atoms with E-state index in [1.54, 1.807) is 11.3 Å². The van der Waals surface area contributed by atoms with Crippen LogP contribution in [0.4, 0.5) is 5.13 Å². The lowest BCUT2D eigenvalue weighted by Crippen LogP contribution is -2.47. The topological polar surface area (TPSA) is 28.6 Å². The molecule has 2 rings (SSSR count). The lowest BCUT2D eigenvalue weighted by atomic mass is 10.2. The molecule has 2 heterocycles. The Hall–Kier alpha value is -0.650. The van der Waals surface area contributed by atoms with Crippen LogP contribution in [0, 0.1) is 6.92 Å². The molecule has 1 aromatic rings. The number of hydrogen-bond donors (Lipinski definition) is 0. The average Bonchev–Trinajstić information content (AvgIpc) is 2.71. The molecule has 5 heteroatoms. The number of hydrogen-bond acceptors (Lipinski definition) is 5. The third kappa shape index (κ3) is 3.67. The van der Waals surface area contributed by atoms with Gasteiger partial charge in [0, 0.05) is 44.3 Å². The number of likely N-dealkylation sites (N-methyl/N-ethyl adjacent to an activating group) is 1. The smallest absolute Gasteiger partial charge is 0.185 e. The van der Waals surface area contributed by atoms with Crippen LogP contribution in [0.15, 0.2) is 6.20 Å². The van der Waals surface area contributed by atoms with Crippen molar-refractivity contribution in [2.45, 2.75) is 33.0 Å². The molecule has 0 amide bonds. The molecule has 4 nitrogen and oxygen atoms in total. The van der Waals surface area contributed by atoms with Crippen LogP contribution >= 0.6 is 11.3 Å². The average molecular weight is 269 g/mol. The Balaban J connectivity index is 1.80. The maximum absolute atomic E-state index is 5.75. The number of aryl methyl sites for hydroxylation is 1. The summed E-state index contributed by atoms with van der Waals surface area (Å²) in [7, 11) is 2.12. The lowest BCUT2D eigenvalue weighted by molar-refractivity contribution is -0.0670. The maximum atomic E-state index is 5.75. The summed E-state index contributed by atoms with van der Waals surface area (Å²) >= 11 is 1.76. The first kappa shape index (κ1) is 13.8. The Labute approximate surface area is 114 Å². The zero-order valence-corrected chi connectivity index (χ0v) is 12.5.